The highest BCUT2D eigenvalue weighted by Crippen LogP contribution is 2.34. The van der Waals surface area contributed by atoms with E-state index >= 15 is 0 Å². The average molecular weight is 375 g/mol. The third-order valence-corrected chi connectivity index (χ3v) is 4.27. The van der Waals surface area contributed by atoms with Crippen molar-refractivity contribution in [3.8, 4) is 11.6 Å². The summed E-state index contributed by atoms with van der Waals surface area (Å²) in [7, 11) is 0. The molecule has 0 fully saturated rings. The van der Waals surface area contributed by atoms with Gasteiger partial charge in [0.2, 0.25) is 5.88 Å². The predicted octanol–water partition coefficient (Wildman–Crippen LogP) is 5.52. The van der Waals surface area contributed by atoms with Crippen molar-refractivity contribution >= 4 is 40.4 Å². The fourth-order valence-electron chi connectivity index (χ4n) is 2.17. The molecule has 7 heteroatoms. The molecule has 1 heterocycles. The van der Waals surface area contributed by atoms with E-state index in [0.717, 1.165) is 5.56 Å². The molecule has 0 aliphatic rings. The summed E-state index contributed by atoms with van der Waals surface area (Å²) in [5.74, 6) is 1.33. The summed E-state index contributed by atoms with van der Waals surface area (Å²) in [4.78, 5) is 8.26. The van der Waals surface area contributed by atoms with Gasteiger partial charge in [-0.15, -0.1) is 0 Å². The lowest BCUT2D eigenvalue weighted by molar-refractivity contribution is 0.464. The van der Waals surface area contributed by atoms with Gasteiger partial charge in [-0.2, -0.15) is 4.98 Å². The third-order valence-electron chi connectivity index (χ3n) is 3.72. The smallest absolute Gasteiger partial charge is 0.248 e. The number of benzene rings is 2. The van der Waals surface area contributed by atoms with E-state index < -0.39 is 0 Å². The maximum absolute atomic E-state index is 6.17. The number of rotatable bonds is 4. The van der Waals surface area contributed by atoms with Crippen molar-refractivity contribution in [3.05, 3.63) is 63.9 Å². The molecule has 3 rings (SSSR count). The molecule has 3 N–H and O–H groups in total. The van der Waals surface area contributed by atoms with E-state index in [2.05, 4.69) is 15.3 Å². The summed E-state index contributed by atoms with van der Waals surface area (Å²) in [6, 6.07) is 10.9. The highest BCUT2D eigenvalue weighted by molar-refractivity contribution is 6.36. The fourth-order valence-corrected chi connectivity index (χ4v) is 2.62. The molecular weight excluding hydrogens is 359 g/mol. The van der Waals surface area contributed by atoms with E-state index in [-0.39, 0.29) is 11.6 Å². The summed E-state index contributed by atoms with van der Waals surface area (Å²) in [5, 5.41) is 4.07. The number of ether oxygens (including phenoxy) is 1. The van der Waals surface area contributed by atoms with Crippen LogP contribution in [0.25, 0.3) is 0 Å². The first-order valence-corrected chi connectivity index (χ1v) is 8.27. The van der Waals surface area contributed by atoms with Gasteiger partial charge in [-0.1, -0.05) is 29.3 Å². The first kappa shape index (κ1) is 17.3. The van der Waals surface area contributed by atoms with Crippen LogP contribution in [0, 0.1) is 13.8 Å². The number of anilines is 3. The third kappa shape index (κ3) is 3.95. The van der Waals surface area contributed by atoms with Gasteiger partial charge < -0.3 is 15.8 Å². The Morgan fingerprint density at radius 3 is 2.52 bits per heavy atom. The van der Waals surface area contributed by atoms with Crippen molar-refractivity contribution in [2.24, 2.45) is 0 Å². The summed E-state index contributed by atoms with van der Waals surface area (Å²) in [5.41, 5.74) is 9.37. The van der Waals surface area contributed by atoms with Crippen LogP contribution in [0.2, 0.25) is 10.0 Å². The van der Waals surface area contributed by atoms with E-state index in [4.69, 9.17) is 33.7 Å². The Morgan fingerprint density at radius 2 is 1.80 bits per heavy atom. The topological polar surface area (TPSA) is 73.1 Å². The number of nitrogen functional groups attached to an aromatic ring is 1. The Balaban J connectivity index is 1.87. The summed E-state index contributed by atoms with van der Waals surface area (Å²) < 4.78 is 5.80. The number of halogens is 2. The molecular formula is C18H16Cl2N4O. The van der Waals surface area contributed by atoms with Crippen LogP contribution in [0.3, 0.4) is 0 Å². The van der Waals surface area contributed by atoms with Crippen LogP contribution in [0.15, 0.2) is 42.7 Å². The van der Waals surface area contributed by atoms with Crippen LogP contribution in [-0.2, 0) is 0 Å². The van der Waals surface area contributed by atoms with Crippen molar-refractivity contribution in [1.82, 2.24) is 9.97 Å². The fraction of sp³-hybridized carbons (Fsp3) is 0.111. The summed E-state index contributed by atoms with van der Waals surface area (Å²) in [6.07, 6.45) is 1.37. The molecule has 25 heavy (non-hydrogen) atoms. The number of hydrogen-bond acceptors (Lipinski definition) is 5. The van der Waals surface area contributed by atoms with Crippen molar-refractivity contribution in [2.45, 2.75) is 13.8 Å². The molecule has 0 saturated carbocycles. The molecule has 128 valence electrons. The second-order valence-corrected chi connectivity index (χ2v) is 6.38. The van der Waals surface area contributed by atoms with Crippen molar-refractivity contribution < 1.29 is 4.74 Å². The standard InChI is InChI=1S/C18H16Cl2N4O/c1-10-3-5-13(7-11(10)2)25-18-16(21)17(22-9-23-18)24-15-6-4-12(19)8-14(15)20/h3-9H,21H2,1-2H3,(H,22,23,24). The monoisotopic (exact) mass is 374 g/mol. The average Bonchev–Trinajstić information content (AvgIpc) is 2.57. The number of hydrogen-bond donors (Lipinski definition) is 2. The molecule has 0 bridgehead atoms. The Morgan fingerprint density at radius 1 is 1.00 bits per heavy atom. The van der Waals surface area contributed by atoms with Gasteiger partial charge in [-0.05, 0) is 55.3 Å². The highest BCUT2D eigenvalue weighted by Gasteiger charge is 2.12. The molecule has 3 aromatic rings. The van der Waals surface area contributed by atoms with Crippen LogP contribution >= 0.6 is 23.2 Å². The molecule has 0 amide bonds. The first-order valence-electron chi connectivity index (χ1n) is 7.51. The van der Waals surface area contributed by atoms with Gasteiger partial charge in [0.1, 0.15) is 17.8 Å². The second kappa shape index (κ2) is 7.17. The molecule has 0 atom stereocenters. The Labute approximate surface area is 155 Å². The quantitative estimate of drug-likeness (QED) is 0.628. The minimum Gasteiger partial charge on any atom is -0.437 e. The van der Waals surface area contributed by atoms with Gasteiger partial charge in [0.15, 0.2) is 5.82 Å². The Hall–Kier alpha value is -2.50. The lowest BCUT2D eigenvalue weighted by Crippen LogP contribution is -2.03. The molecule has 0 aliphatic heterocycles. The molecule has 0 saturated heterocycles. The lowest BCUT2D eigenvalue weighted by Gasteiger charge is -2.13. The summed E-state index contributed by atoms with van der Waals surface area (Å²) >= 11 is 12.1. The number of aryl methyl sites for hydroxylation is 2. The van der Waals surface area contributed by atoms with Gasteiger partial charge in [-0.25, -0.2) is 4.98 Å². The molecule has 5 nitrogen and oxygen atoms in total. The van der Waals surface area contributed by atoms with Crippen LogP contribution in [0.1, 0.15) is 11.1 Å². The number of nitrogens with one attached hydrogen (secondary N) is 1. The molecule has 2 aromatic carbocycles. The lowest BCUT2D eigenvalue weighted by atomic mass is 10.1. The van der Waals surface area contributed by atoms with Crippen molar-refractivity contribution in [2.75, 3.05) is 11.1 Å². The van der Waals surface area contributed by atoms with Crippen LogP contribution in [0.5, 0.6) is 11.6 Å². The van der Waals surface area contributed by atoms with Crippen molar-refractivity contribution in [3.63, 3.8) is 0 Å². The van der Waals surface area contributed by atoms with Crippen molar-refractivity contribution in [1.29, 1.82) is 0 Å². The van der Waals surface area contributed by atoms with Gasteiger partial charge >= 0.3 is 0 Å². The Kier molecular flexibility index (Phi) is 4.97. The van der Waals surface area contributed by atoms with Crippen LogP contribution in [-0.4, -0.2) is 9.97 Å². The maximum atomic E-state index is 6.17. The number of aromatic nitrogens is 2. The van der Waals surface area contributed by atoms with E-state index in [0.29, 0.717) is 27.3 Å². The predicted molar refractivity (Wildman–Crippen MR) is 102 cm³/mol. The van der Waals surface area contributed by atoms with E-state index in [1.165, 1.54) is 11.9 Å². The zero-order valence-corrected chi connectivity index (χ0v) is 15.2. The van der Waals surface area contributed by atoms with Gasteiger partial charge in [-0.3, -0.25) is 0 Å². The highest BCUT2D eigenvalue weighted by atomic mass is 35.5. The zero-order valence-electron chi connectivity index (χ0n) is 13.7. The van der Waals surface area contributed by atoms with Gasteiger partial charge in [0.05, 0.1) is 10.7 Å². The van der Waals surface area contributed by atoms with Crippen LogP contribution < -0.4 is 15.8 Å². The normalized spacial score (nSPS) is 10.6. The minimum absolute atomic E-state index is 0.269. The molecule has 0 radical (unpaired) electrons. The molecule has 1 aromatic heterocycles. The van der Waals surface area contributed by atoms with E-state index in [1.54, 1.807) is 18.2 Å². The number of nitrogens with two attached hydrogens (primary N) is 1. The molecule has 0 unspecified atom stereocenters. The first-order chi connectivity index (χ1) is 11.9. The van der Waals surface area contributed by atoms with E-state index in [1.807, 2.05) is 32.0 Å². The minimum atomic E-state index is 0.269. The summed E-state index contributed by atoms with van der Waals surface area (Å²) in [6.45, 7) is 4.05. The van der Waals surface area contributed by atoms with Gasteiger partial charge in [0, 0.05) is 5.02 Å². The van der Waals surface area contributed by atoms with Crippen LogP contribution in [0.4, 0.5) is 17.2 Å². The van der Waals surface area contributed by atoms with Gasteiger partial charge in [0.25, 0.3) is 0 Å². The number of nitrogens with zero attached hydrogens (tertiary/aromatic N) is 2. The SMILES string of the molecule is Cc1ccc(Oc2ncnc(Nc3ccc(Cl)cc3Cl)c2N)cc1C. The largest absolute Gasteiger partial charge is 0.437 e. The Bertz CT molecular complexity index is 931. The molecule has 0 spiro atoms. The molecule has 0 aliphatic carbocycles. The van der Waals surface area contributed by atoms with E-state index in [9.17, 15) is 0 Å². The second-order valence-electron chi connectivity index (χ2n) is 5.54. The maximum Gasteiger partial charge on any atom is 0.248 e. The zero-order chi connectivity index (χ0) is 18.0.